The molecule has 0 N–H and O–H groups in total. The zero-order valence-electron chi connectivity index (χ0n) is 54.8. The van der Waals surface area contributed by atoms with Gasteiger partial charge in [-0.2, -0.15) is 0 Å². The normalized spacial score (nSPS) is 11.7. The van der Waals surface area contributed by atoms with Crippen molar-refractivity contribution in [1.82, 2.24) is 9.97 Å². The highest BCUT2D eigenvalue weighted by Crippen LogP contribution is 2.23. The minimum Gasteiger partial charge on any atom is -0.241 e. The van der Waals surface area contributed by atoms with E-state index in [-0.39, 0.29) is 0 Å². The maximum Gasteiger partial charge on any atom is 0.115 e. The molecule has 1 rings (SSSR count). The van der Waals surface area contributed by atoms with Crippen LogP contribution in [0.1, 0.15) is 461 Å². The van der Waals surface area contributed by atoms with Crippen LogP contribution in [0.3, 0.4) is 0 Å². The zero-order chi connectivity index (χ0) is 55.6. The summed E-state index contributed by atoms with van der Waals surface area (Å²) in [5.41, 5.74) is 4.39. The lowest BCUT2D eigenvalue weighted by atomic mass is 9.96. The molecular weight excluding hydrogens is 941 g/mol. The molecule has 0 saturated carbocycles. The SMILES string of the molecule is CCCCCCCCCCCCCCCCCCCCCCCCc1ncnc(CCCCCCCCCCCCCCCCCCCCCCCC)c1CCCCCCCCCCCCCCCCCCCCCCCC. The Hall–Kier alpha value is -0.920. The average Bonchev–Trinajstić information content (AvgIpc) is 3.46. The number of rotatable bonds is 69. The Balaban J connectivity index is 2.25. The van der Waals surface area contributed by atoms with Crippen LogP contribution < -0.4 is 0 Å². The first-order valence-electron chi connectivity index (χ1n) is 37.6. The van der Waals surface area contributed by atoms with Gasteiger partial charge in [-0.3, -0.25) is 0 Å². The van der Waals surface area contributed by atoms with Crippen molar-refractivity contribution in [3.05, 3.63) is 23.3 Å². The molecule has 0 spiro atoms. The number of nitrogens with zero attached hydrogens (tertiary/aromatic N) is 2. The number of aryl methyl sites for hydroxylation is 2. The van der Waals surface area contributed by atoms with Crippen LogP contribution in [0.4, 0.5) is 0 Å². The predicted molar refractivity (Wildman–Crippen MR) is 355 cm³/mol. The molecule has 0 unspecified atom stereocenters. The number of hydrogen-bond acceptors (Lipinski definition) is 2. The Morgan fingerprint density at radius 2 is 0.295 bits per heavy atom. The topological polar surface area (TPSA) is 25.8 Å². The summed E-state index contributed by atoms with van der Waals surface area (Å²) in [5, 5.41) is 0. The third-order valence-electron chi connectivity index (χ3n) is 18.4. The molecule has 0 aliphatic heterocycles. The van der Waals surface area contributed by atoms with Crippen molar-refractivity contribution in [3.8, 4) is 0 Å². The Kier molecular flexibility index (Phi) is 64.4. The highest BCUT2D eigenvalue weighted by molar-refractivity contribution is 5.25. The van der Waals surface area contributed by atoms with E-state index in [2.05, 4.69) is 20.8 Å². The van der Waals surface area contributed by atoms with Crippen molar-refractivity contribution in [2.24, 2.45) is 0 Å². The lowest BCUT2D eigenvalue weighted by molar-refractivity contribution is 0.518. The van der Waals surface area contributed by atoms with E-state index in [1.54, 1.807) is 5.56 Å². The second-order valence-corrected chi connectivity index (χ2v) is 26.3. The third-order valence-corrected chi connectivity index (χ3v) is 18.4. The molecule has 0 aliphatic carbocycles. The predicted octanol–water partition coefficient (Wildman–Crippen LogP) is 27.9. The summed E-state index contributed by atoms with van der Waals surface area (Å²) in [4.78, 5) is 10.00. The molecule has 1 aromatic heterocycles. The van der Waals surface area contributed by atoms with Gasteiger partial charge in [-0.25, -0.2) is 9.97 Å². The maximum atomic E-state index is 5.00. The van der Waals surface area contributed by atoms with Crippen LogP contribution in [-0.2, 0) is 19.3 Å². The molecule has 78 heavy (non-hydrogen) atoms. The molecular formula is C76H148N2. The van der Waals surface area contributed by atoms with Crippen LogP contribution in [0.25, 0.3) is 0 Å². The number of hydrogen-bond donors (Lipinski definition) is 0. The van der Waals surface area contributed by atoms with Gasteiger partial charge in [0, 0.05) is 11.4 Å². The monoisotopic (exact) mass is 1090 g/mol. The largest absolute Gasteiger partial charge is 0.241 e. The van der Waals surface area contributed by atoms with Gasteiger partial charge in [-0.1, -0.05) is 425 Å². The molecule has 0 radical (unpaired) electrons. The molecule has 0 aromatic carbocycles. The summed E-state index contributed by atoms with van der Waals surface area (Å²) in [6.07, 6.45) is 101. The van der Waals surface area contributed by atoms with Crippen LogP contribution in [0.15, 0.2) is 6.33 Å². The van der Waals surface area contributed by atoms with Crippen LogP contribution >= 0.6 is 0 Å². The summed E-state index contributed by atoms with van der Waals surface area (Å²) >= 11 is 0. The molecule has 2 nitrogen and oxygen atoms in total. The van der Waals surface area contributed by atoms with Crippen molar-refractivity contribution in [3.63, 3.8) is 0 Å². The van der Waals surface area contributed by atoms with E-state index in [4.69, 9.17) is 9.97 Å². The Bertz CT molecular complexity index is 1160. The highest BCUT2D eigenvalue weighted by Gasteiger charge is 2.12. The second kappa shape index (κ2) is 66.9. The van der Waals surface area contributed by atoms with Gasteiger partial charge in [-0.15, -0.1) is 0 Å². The van der Waals surface area contributed by atoms with Gasteiger partial charge in [0.05, 0.1) is 0 Å². The van der Waals surface area contributed by atoms with Crippen molar-refractivity contribution >= 4 is 0 Å². The smallest absolute Gasteiger partial charge is 0.115 e. The van der Waals surface area contributed by atoms with E-state index >= 15 is 0 Å². The van der Waals surface area contributed by atoms with Crippen molar-refractivity contribution in [2.45, 2.75) is 464 Å². The summed E-state index contributed by atoms with van der Waals surface area (Å²) in [6, 6.07) is 0. The lowest BCUT2D eigenvalue weighted by Crippen LogP contribution is -2.07. The Labute approximate surface area is 494 Å². The molecule has 0 aliphatic rings. The average molecular weight is 1090 g/mol. The van der Waals surface area contributed by atoms with Crippen LogP contribution in [0, 0.1) is 0 Å². The molecule has 2 heteroatoms. The Morgan fingerprint density at radius 1 is 0.167 bits per heavy atom. The van der Waals surface area contributed by atoms with Gasteiger partial charge < -0.3 is 0 Å². The quantitative estimate of drug-likeness (QED) is 0.0608. The number of unbranched alkanes of at least 4 members (excludes halogenated alkanes) is 63. The molecule has 462 valence electrons. The third kappa shape index (κ3) is 56.9. The maximum absolute atomic E-state index is 5.00. The molecule has 0 amide bonds. The van der Waals surface area contributed by atoms with Gasteiger partial charge in [0.15, 0.2) is 0 Å². The molecule has 0 atom stereocenters. The van der Waals surface area contributed by atoms with Crippen molar-refractivity contribution in [1.29, 1.82) is 0 Å². The van der Waals surface area contributed by atoms with Crippen LogP contribution in [0.2, 0.25) is 0 Å². The standard InChI is InChI=1S/C76H148N2/c1-4-7-10-13-16-19-22-25-28-31-34-37-40-43-46-49-52-55-58-61-64-67-70-74-75(71-68-65-62-59-56-53-50-47-44-41-38-35-32-29-26-23-20-17-14-11-8-5-2)77-73-78-76(74)72-69-66-63-60-57-54-51-48-45-42-39-36-33-30-27-24-21-18-15-12-9-6-3/h73H,4-72H2,1-3H3. The fourth-order valence-corrected chi connectivity index (χ4v) is 12.9. The first-order valence-corrected chi connectivity index (χ1v) is 37.6. The van der Waals surface area contributed by atoms with Gasteiger partial charge in [-0.05, 0) is 44.1 Å². The van der Waals surface area contributed by atoms with Gasteiger partial charge in [0.25, 0.3) is 0 Å². The molecule has 0 fully saturated rings. The van der Waals surface area contributed by atoms with E-state index in [9.17, 15) is 0 Å². The van der Waals surface area contributed by atoms with Gasteiger partial charge in [0.2, 0.25) is 0 Å². The summed E-state index contributed by atoms with van der Waals surface area (Å²) in [7, 11) is 0. The lowest BCUT2D eigenvalue weighted by Gasteiger charge is -2.14. The van der Waals surface area contributed by atoms with E-state index in [0.29, 0.717) is 0 Å². The molecule has 1 heterocycles. The molecule has 0 saturated heterocycles. The highest BCUT2D eigenvalue weighted by atomic mass is 14.8. The summed E-state index contributed by atoms with van der Waals surface area (Å²) in [5.74, 6) is 0. The van der Waals surface area contributed by atoms with E-state index < -0.39 is 0 Å². The Morgan fingerprint density at radius 3 is 0.449 bits per heavy atom. The first kappa shape index (κ1) is 75.1. The van der Waals surface area contributed by atoms with Crippen molar-refractivity contribution < 1.29 is 0 Å². The number of aromatic nitrogens is 2. The van der Waals surface area contributed by atoms with Gasteiger partial charge >= 0.3 is 0 Å². The molecule has 0 bridgehead atoms. The fraction of sp³-hybridized carbons (Fsp3) is 0.947. The zero-order valence-corrected chi connectivity index (χ0v) is 54.8. The molecule has 1 aromatic rings. The van der Waals surface area contributed by atoms with Crippen LogP contribution in [0.5, 0.6) is 0 Å². The fourth-order valence-electron chi connectivity index (χ4n) is 12.9. The summed E-state index contributed by atoms with van der Waals surface area (Å²) in [6.45, 7) is 6.95. The van der Waals surface area contributed by atoms with E-state index in [0.717, 1.165) is 0 Å². The van der Waals surface area contributed by atoms with Gasteiger partial charge in [0.1, 0.15) is 6.33 Å². The minimum atomic E-state index is 1.17. The minimum absolute atomic E-state index is 1.17. The van der Waals surface area contributed by atoms with E-state index in [1.165, 1.54) is 454 Å². The summed E-state index contributed by atoms with van der Waals surface area (Å²) < 4.78 is 0. The van der Waals surface area contributed by atoms with E-state index in [1.807, 2.05) is 6.33 Å². The first-order chi connectivity index (χ1) is 38.8. The van der Waals surface area contributed by atoms with Crippen molar-refractivity contribution in [2.75, 3.05) is 0 Å². The second-order valence-electron chi connectivity index (χ2n) is 26.3. The van der Waals surface area contributed by atoms with Crippen LogP contribution in [-0.4, -0.2) is 9.97 Å².